The molecule has 7 heteroatoms. The highest BCUT2D eigenvalue weighted by Gasteiger charge is 2.24. The quantitative estimate of drug-likeness (QED) is 0.674. The van der Waals surface area contributed by atoms with Gasteiger partial charge in [-0.25, -0.2) is 14.8 Å². The van der Waals surface area contributed by atoms with Gasteiger partial charge in [-0.2, -0.15) is 0 Å². The van der Waals surface area contributed by atoms with Crippen LogP contribution in [0.1, 0.15) is 30.9 Å². The number of piperidine rings is 1. The Bertz CT molecular complexity index is 895. The first-order valence-electron chi connectivity index (χ1n) is 8.69. The second-order valence-corrected chi connectivity index (χ2v) is 6.68. The summed E-state index contributed by atoms with van der Waals surface area (Å²) >= 11 is 0. The first-order chi connectivity index (χ1) is 12.2. The average molecular weight is 338 g/mol. The third-order valence-electron chi connectivity index (χ3n) is 5.03. The molecule has 25 heavy (non-hydrogen) atoms. The van der Waals surface area contributed by atoms with Crippen LogP contribution in [0.3, 0.4) is 0 Å². The van der Waals surface area contributed by atoms with E-state index in [4.69, 9.17) is 5.73 Å². The van der Waals surface area contributed by atoms with Crippen molar-refractivity contribution < 1.29 is 0 Å². The Balaban J connectivity index is 1.42. The van der Waals surface area contributed by atoms with Gasteiger partial charge >= 0.3 is 5.69 Å². The van der Waals surface area contributed by atoms with Crippen LogP contribution in [0.2, 0.25) is 0 Å². The molecule has 0 bridgehead atoms. The molecule has 1 aromatic carbocycles. The normalized spacial score (nSPS) is 17.1. The van der Waals surface area contributed by atoms with Crippen molar-refractivity contribution in [2.24, 2.45) is 11.7 Å². The van der Waals surface area contributed by atoms with Crippen LogP contribution in [0.4, 0.5) is 5.82 Å². The van der Waals surface area contributed by atoms with Crippen molar-refractivity contribution in [2.45, 2.75) is 25.3 Å². The van der Waals surface area contributed by atoms with Gasteiger partial charge in [-0.15, -0.1) is 0 Å². The Morgan fingerprint density at radius 3 is 2.68 bits per heavy atom. The molecule has 3 heterocycles. The molecule has 4 rings (SSSR count). The molecule has 1 aliphatic rings. The lowest BCUT2D eigenvalue weighted by molar-refractivity contribution is 0.355. The number of fused-ring (bicyclic) bond motifs is 1. The van der Waals surface area contributed by atoms with E-state index in [0.29, 0.717) is 17.1 Å². The maximum atomic E-state index is 11.5. The summed E-state index contributed by atoms with van der Waals surface area (Å²) in [4.78, 5) is 27.7. The Morgan fingerprint density at radius 2 is 1.92 bits per heavy atom. The van der Waals surface area contributed by atoms with Crippen molar-refractivity contribution >= 4 is 17.0 Å². The molecule has 1 saturated heterocycles. The maximum absolute atomic E-state index is 11.5. The van der Waals surface area contributed by atoms with Crippen molar-refractivity contribution in [3.05, 3.63) is 52.7 Å². The number of aromatic nitrogens is 4. The zero-order chi connectivity index (χ0) is 17.2. The van der Waals surface area contributed by atoms with Crippen LogP contribution in [0, 0.1) is 5.92 Å². The topological polar surface area (TPSA) is 104 Å². The second kappa shape index (κ2) is 6.68. The fourth-order valence-corrected chi connectivity index (χ4v) is 3.65. The van der Waals surface area contributed by atoms with Crippen molar-refractivity contribution in [3.63, 3.8) is 0 Å². The van der Waals surface area contributed by atoms with Gasteiger partial charge in [0.05, 0.1) is 0 Å². The van der Waals surface area contributed by atoms with Gasteiger partial charge in [0.2, 0.25) is 0 Å². The number of imidazole rings is 1. The molecule has 7 nitrogen and oxygen atoms in total. The van der Waals surface area contributed by atoms with E-state index < -0.39 is 0 Å². The molecule has 1 atom stereocenters. The Labute approximate surface area is 145 Å². The molecule has 0 saturated carbocycles. The van der Waals surface area contributed by atoms with Crippen LogP contribution in [-0.4, -0.2) is 33.0 Å². The summed E-state index contributed by atoms with van der Waals surface area (Å²) in [5.41, 5.74) is 8.57. The van der Waals surface area contributed by atoms with Crippen molar-refractivity contribution in [1.82, 2.24) is 19.9 Å². The van der Waals surface area contributed by atoms with Crippen LogP contribution in [0.15, 0.2) is 41.5 Å². The molecule has 2 aromatic heterocycles. The lowest BCUT2D eigenvalue weighted by atomic mass is 9.88. The van der Waals surface area contributed by atoms with Crippen molar-refractivity contribution in [1.29, 1.82) is 0 Å². The molecule has 0 spiro atoms. The summed E-state index contributed by atoms with van der Waals surface area (Å²) in [6.07, 6.45) is 4.64. The lowest BCUT2D eigenvalue weighted by Crippen LogP contribution is -2.35. The fraction of sp³-hybridized carbons (Fsp3) is 0.389. The molecular weight excluding hydrogens is 316 g/mol. The van der Waals surface area contributed by atoms with Crippen LogP contribution in [0.5, 0.6) is 0 Å². The molecule has 4 N–H and O–H groups in total. The van der Waals surface area contributed by atoms with Crippen molar-refractivity contribution in [2.75, 3.05) is 18.0 Å². The maximum Gasteiger partial charge on any atom is 0.325 e. The molecule has 3 aromatic rings. The third-order valence-corrected chi connectivity index (χ3v) is 5.03. The molecule has 0 radical (unpaired) electrons. The Hall–Kier alpha value is -2.67. The van der Waals surface area contributed by atoms with Gasteiger partial charge < -0.3 is 15.6 Å². The number of aromatic amines is 2. The number of H-pyrrole nitrogens is 2. The highest BCUT2D eigenvalue weighted by atomic mass is 16.1. The monoisotopic (exact) mass is 338 g/mol. The number of anilines is 1. The Morgan fingerprint density at radius 1 is 1.16 bits per heavy atom. The van der Waals surface area contributed by atoms with Gasteiger partial charge in [-0.1, -0.05) is 30.3 Å². The number of nitrogens with two attached hydrogens (primary N) is 1. The van der Waals surface area contributed by atoms with Gasteiger partial charge in [-0.05, 0) is 30.7 Å². The first-order valence-corrected chi connectivity index (χ1v) is 8.69. The van der Waals surface area contributed by atoms with Gasteiger partial charge in [-0.3, -0.25) is 4.98 Å². The van der Waals surface area contributed by atoms with E-state index >= 15 is 0 Å². The molecule has 0 aliphatic carbocycles. The van der Waals surface area contributed by atoms with E-state index in [0.717, 1.165) is 38.2 Å². The van der Waals surface area contributed by atoms with Gasteiger partial charge in [0.1, 0.15) is 11.8 Å². The summed E-state index contributed by atoms with van der Waals surface area (Å²) < 4.78 is 0. The predicted molar refractivity (Wildman–Crippen MR) is 97.4 cm³/mol. The first kappa shape index (κ1) is 15.8. The average Bonchev–Trinajstić information content (AvgIpc) is 3.03. The lowest BCUT2D eigenvalue weighted by Gasteiger charge is -2.33. The molecule has 1 aliphatic heterocycles. The zero-order valence-corrected chi connectivity index (χ0v) is 14.0. The van der Waals surface area contributed by atoms with E-state index in [1.165, 1.54) is 11.9 Å². The van der Waals surface area contributed by atoms with E-state index in [1.54, 1.807) is 0 Å². The predicted octanol–water partition coefficient (Wildman–Crippen LogP) is 1.95. The summed E-state index contributed by atoms with van der Waals surface area (Å²) in [6, 6.07) is 10.4. The summed E-state index contributed by atoms with van der Waals surface area (Å²) in [6.45, 7) is 1.82. The van der Waals surface area contributed by atoms with Gasteiger partial charge in [0.15, 0.2) is 11.5 Å². The zero-order valence-electron chi connectivity index (χ0n) is 14.0. The molecule has 1 fully saturated rings. The summed E-state index contributed by atoms with van der Waals surface area (Å²) in [5, 5.41) is 0. The number of hydrogen-bond donors (Lipinski definition) is 3. The highest BCUT2D eigenvalue weighted by Crippen LogP contribution is 2.30. The number of nitrogens with zero attached hydrogens (tertiary/aromatic N) is 3. The molecular formula is C18H22N6O. The highest BCUT2D eigenvalue weighted by molar-refractivity contribution is 5.82. The number of benzene rings is 1. The largest absolute Gasteiger partial charge is 0.355 e. The van der Waals surface area contributed by atoms with E-state index in [2.05, 4.69) is 37.0 Å². The Kier molecular flexibility index (Phi) is 4.23. The van der Waals surface area contributed by atoms with E-state index in [9.17, 15) is 4.79 Å². The standard InChI is InChI=1S/C18H22N6O/c19-14(13-4-2-1-3-5-13)10-12-6-8-24(9-7-12)17-15-16(20-11-21-17)23-18(25)22-15/h1-5,11-12,14H,6-10,19H2,(H2,20,21,22,23,25). The number of rotatable bonds is 4. The second-order valence-electron chi connectivity index (χ2n) is 6.68. The minimum absolute atomic E-state index is 0.0875. The minimum atomic E-state index is -0.250. The van der Waals surface area contributed by atoms with Crippen LogP contribution < -0.4 is 16.3 Å². The van der Waals surface area contributed by atoms with Crippen LogP contribution in [-0.2, 0) is 0 Å². The van der Waals surface area contributed by atoms with Gasteiger partial charge in [0.25, 0.3) is 0 Å². The van der Waals surface area contributed by atoms with Crippen LogP contribution >= 0.6 is 0 Å². The minimum Gasteiger partial charge on any atom is -0.355 e. The molecule has 1 unspecified atom stereocenters. The smallest absolute Gasteiger partial charge is 0.325 e. The molecule has 0 amide bonds. The third kappa shape index (κ3) is 3.28. The molecule has 130 valence electrons. The van der Waals surface area contributed by atoms with E-state index in [-0.39, 0.29) is 11.7 Å². The number of hydrogen-bond acceptors (Lipinski definition) is 5. The van der Waals surface area contributed by atoms with E-state index in [1.807, 2.05) is 18.2 Å². The van der Waals surface area contributed by atoms with Crippen molar-refractivity contribution in [3.8, 4) is 0 Å². The van der Waals surface area contributed by atoms with Crippen LogP contribution in [0.25, 0.3) is 11.2 Å². The number of nitrogens with one attached hydrogen (secondary N) is 2. The SMILES string of the molecule is NC(CC1CCN(c2ncnc3[nH]c(=O)[nH]c23)CC1)c1ccccc1. The fourth-order valence-electron chi connectivity index (χ4n) is 3.65. The van der Waals surface area contributed by atoms with Gasteiger partial charge in [0, 0.05) is 19.1 Å². The summed E-state index contributed by atoms with van der Waals surface area (Å²) in [7, 11) is 0. The summed E-state index contributed by atoms with van der Waals surface area (Å²) in [5.74, 6) is 1.41.